The summed E-state index contributed by atoms with van der Waals surface area (Å²) in [5, 5.41) is 14.0. The molecule has 2 aromatic rings. The summed E-state index contributed by atoms with van der Waals surface area (Å²) in [6, 6.07) is 1.71. The number of nitrogens with zero attached hydrogens (tertiary/aromatic N) is 7. The Hall–Kier alpha value is -3.09. The van der Waals surface area contributed by atoms with E-state index in [9.17, 15) is 9.90 Å². The van der Waals surface area contributed by atoms with E-state index in [4.69, 9.17) is 20.4 Å². The third kappa shape index (κ3) is 5.00. The zero-order valence-corrected chi connectivity index (χ0v) is 20.1. The van der Waals surface area contributed by atoms with Gasteiger partial charge in [0.25, 0.3) is 0 Å². The number of nitrogens with two attached hydrogens (primary N) is 1. The number of piperidine rings is 1. The zero-order valence-electron chi connectivity index (χ0n) is 20.1. The largest absolute Gasteiger partial charge is 0.394 e. The van der Waals surface area contributed by atoms with Gasteiger partial charge in [0, 0.05) is 63.8 Å². The molecular weight excluding hydrogens is 450 g/mol. The molecule has 0 radical (unpaired) electrons. The molecule has 0 bridgehead atoms. The summed E-state index contributed by atoms with van der Waals surface area (Å²) in [7, 11) is 1.86. The molecule has 3 fully saturated rings. The fourth-order valence-corrected chi connectivity index (χ4v) is 5.08. The minimum absolute atomic E-state index is 0.0720. The van der Waals surface area contributed by atoms with Crippen molar-refractivity contribution >= 4 is 23.6 Å². The molecule has 0 aromatic carbocycles. The first-order valence-electron chi connectivity index (χ1n) is 12.1. The van der Waals surface area contributed by atoms with Gasteiger partial charge in [-0.1, -0.05) is 0 Å². The van der Waals surface area contributed by atoms with E-state index >= 15 is 0 Å². The second-order valence-electron chi connectivity index (χ2n) is 9.57. The molecule has 3 aliphatic heterocycles. The van der Waals surface area contributed by atoms with Crippen LogP contribution in [0.15, 0.2) is 18.5 Å². The van der Waals surface area contributed by atoms with Crippen LogP contribution in [0.3, 0.4) is 0 Å². The number of nitrogen functional groups attached to an aromatic ring is 1. The number of amides is 1. The maximum atomic E-state index is 12.8. The minimum Gasteiger partial charge on any atom is -0.394 e. The Balaban J connectivity index is 1.42. The van der Waals surface area contributed by atoms with Crippen LogP contribution in [0.2, 0.25) is 0 Å². The first-order valence-corrected chi connectivity index (χ1v) is 12.1. The minimum atomic E-state index is -0.609. The number of carbonyl (C=O) groups excluding carboxylic acids is 1. The lowest BCUT2D eigenvalue weighted by molar-refractivity contribution is -0.138. The Kier molecular flexibility index (Phi) is 6.67. The van der Waals surface area contributed by atoms with Crippen LogP contribution < -0.4 is 16.0 Å². The van der Waals surface area contributed by atoms with Gasteiger partial charge in [0.15, 0.2) is 0 Å². The molecule has 3 aliphatic rings. The number of aromatic nitrogens is 4. The second-order valence-corrected chi connectivity index (χ2v) is 9.57. The molecule has 2 atom stereocenters. The number of likely N-dealkylation sites (N-methyl/N-ethyl adjacent to an activating group) is 1. The third-order valence-electron chi connectivity index (χ3n) is 7.13. The number of aliphatic hydroxyl groups is 1. The molecule has 5 rings (SSSR count). The summed E-state index contributed by atoms with van der Waals surface area (Å²) in [5.41, 5.74) is 6.45. The Morgan fingerprint density at radius 2 is 1.97 bits per heavy atom. The molecule has 0 spiro atoms. The Bertz CT molecular complexity index is 1050. The number of carbonyl (C=O) groups is 1. The molecule has 3 saturated heterocycles. The number of hydrogen-bond acceptors (Lipinski definition) is 11. The van der Waals surface area contributed by atoms with Crippen LogP contribution in [-0.4, -0.2) is 112 Å². The Labute approximate surface area is 204 Å². The van der Waals surface area contributed by atoms with Crippen LogP contribution >= 0.6 is 0 Å². The molecule has 4 N–H and O–H groups in total. The number of aliphatic hydroxyl groups excluding tert-OH is 1. The summed E-state index contributed by atoms with van der Waals surface area (Å²) in [4.78, 5) is 36.6. The van der Waals surface area contributed by atoms with Crippen molar-refractivity contribution in [1.82, 2.24) is 29.7 Å². The van der Waals surface area contributed by atoms with Gasteiger partial charge >= 0.3 is 0 Å². The van der Waals surface area contributed by atoms with E-state index in [1.807, 2.05) is 13.1 Å². The van der Waals surface area contributed by atoms with Gasteiger partial charge in [-0.15, -0.1) is 0 Å². The summed E-state index contributed by atoms with van der Waals surface area (Å²) in [5.74, 6) is 1.54. The van der Waals surface area contributed by atoms with Gasteiger partial charge in [0.2, 0.25) is 17.8 Å². The Morgan fingerprint density at radius 3 is 2.71 bits per heavy atom. The molecule has 0 saturated carbocycles. The van der Waals surface area contributed by atoms with E-state index in [2.05, 4.69) is 25.1 Å². The van der Waals surface area contributed by atoms with Crippen LogP contribution in [0.5, 0.6) is 0 Å². The van der Waals surface area contributed by atoms with Crippen LogP contribution in [0.4, 0.5) is 17.7 Å². The average Bonchev–Trinajstić information content (AvgIpc) is 3.30. The van der Waals surface area contributed by atoms with E-state index in [-0.39, 0.29) is 24.5 Å². The molecule has 0 aliphatic carbocycles. The predicted molar refractivity (Wildman–Crippen MR) is 131 cm³/mol. The SMILES string of the molecule is CN1CCCC(N2CC[C@](CO)(Nc3cc(-c4cnc(N)nc4)nc(N4CCOCC4)n3)C2)C1=O. The van der Waals surface area contributed by atoms with Crippen LogP contribution in [0.25, 0.3) is 11.3 Å². The van der Waals surface area contributed by atoms with Crippen LogP contribution in [0, 0.1) is 0 Å². The van der Waals surface area contributed by atoms with E-state index in [1.54, 1.807) is 17.3 Å². The highest BCUT2D eigenvalue weighted by molar-refractivity contribution is 5.82. The molecule has 5 heterocycles. The fraction of sp³-hybridized carbons (Fsp3) is 0.609. The molecular formula is C23H33N9O3. The number of rotatable bonds is 6. The number of nitrogens with one attached hydrogen (secondary N) is 1. The van der Waals surface area contributed by atoms with Gasteiger partial charge in [-0.2, -0.15) is 4.98 Å². The summed E-state index contributed by atoms with van der Waals surface area (Å²) in [6.07, 6.45) is 5.82. The topological polar surface area (TPSA) is 146 Å². The highest BCUT2D eigenvalue weighted by Crippen LogP contribution is 2.31. The molecule has 1 unspecified atom stereocenters. The summed E-state index contributed by atoms with van der Waals surface area (Å²) < 4.78 is 5.49. The smallest absolute Gasteiger partial charge is 0.239 e. The Morgan fingerprint density at radius 1 is 1.20 bits per heavy atom. The standard InChI is InChI=1S/C23H33N9O3/c1-30-5-2-3-18(20(30)34)32-6-4-23(14-32,15-33)29-19-11-17(16-12-25-21(24)26-13-16)27-22(28-19)31-7-9-35-10-8-31/h11-13,18,33H,2-10,14-15H2,1H3,(H2,24,25,26)(H,27,28,29)/t18?,23-/m0/s1. The van der Waals surface area contributed by atoms with Gasteiger partial charge in [0.1, 0.15) is 5.82 Å². The highest BCUT2D eigenvalue weighted by Gasteiger charge is 2.43. The number of morpholine rings is 1. The van der Waals surface area contributed by atoms with E-state index in [1.165, 1.54) is 0 Å². The first-order chi connectivity index (χ1) is 17.0. The number of anilines is 3. The normalized spacial score (nSPS) is 25.8. The number of likely N-dealkylation sites (tertiary alicyclic amines) is 2. The van der Waals surface area contributed by atoms with Gasteiger partial charge in [-0.3, -0.25) is 9.69 Å². The quantitative estimate of drug-likeness (QED) is 0.503. The van der Waals surface area contributed by atoms with Crippen molar-refractivity contribution in [2.45, 2.75) is 30.8 Å². The lowest BCUT2D eigenvalue weighted by Crippen LogP contribution is -2.53. The predicted octanol–water partition coefficient (Wildman–Crippen LogP) is -0.178. The van der Waals surface area contributed by atoms with Gasteiger partial charge in [0.05, 0.1) is 37.1 Å². The van der Waals surface area contributed by atoms with Crippen molar-refractivity contribution in [3.05, 3.63) is 18.5 Å². The monoisotopic (exact) mass is 483 g/mol. The van der Waals surface area contributed by atoms with Crippen LogP contribution in [-0.2, 0) is 9.53 Å². The van der Waals surface area contributed by atoms with Crippen molar-refractivity contribution in [2.75, 3.05) is 75.5 Å². The van der Waals surface area contributed by atoms with Crippen molar-refractivity contribution < 1.29 is 14.6 Å². The van der Waals surface area contributed by atoms with Crippen molar-refractivity contribution in [1.29, 1.82) is 0 Å². The highest BCUT2D eigenvalue weighted by atomic mass is 16.5. The average molecular weight is 484 g/mol. The fourth-order valence-electron chi connectivity index (χ4n) is 5.08. The number of hydrogen-bond donors (Lipinski definition) is 3. The van der Waals surface area contributed by atoms with Crippen molar-refractivity contribution in [3.8, 4) is 11.3 Å². The molecule has 188 valence electrons. The second kappa shape index (κ2) is 9.88. The molecule has 2 aromatic heterocycles. The van der Waals surface area contributed by atoms with E-state index in [0.29, 0.717) is 56.7 Å². The van der Waals surface area contributed by atoms with Crippen molar-refractivity contribution in [3.63, 3.8) is 0 Å². The lowest BCUT2D eigenvalue weighted by Gasteiger charge is -2.36. The van der Waals surface area contributed by atoms with Gasteiger partial charge < -0.3 is 30.7 Å². The maximum Gasteiger partial charge on any atom is 0.239 e. The van der Waals surface area contributed by atoms with Gasteiger partial charge in [-0.05, 0) is 19.3 Å². The summed E-state index contributed by atoms with van der Waals surface area (Å²) in [6.45, 7) is 4.63. The van der Waals surface area contributed by atoms with Crippen molar-refractivity contribution in [2.24, 2.45) is 0 Å². The summed E-state index contributed by atoms with van der Waals surface area (Å²) >= 11 is 0. The van der Waals surface area contributed by atoms with E-state index < -0.39 is 5.54 Å². The van der Waals surface area contributed by atoms with Gasteiger partial charge in [-0.25, -0.2) is 15.0 Å². The molecule has 12 heteroatoms. The molecule has 12 nitrogen and oxygen atoms in total. The number of ether oxygens (including phenoxy) is 1. The zero-order chi connectivity index (χ0) is 24.4. The third-order valence-corrected chi connectivity index (χ3v) is 7.13. The first kappa shape index (κ1) is 23.6. The van der Waals surface area contributed by atoms with Crippen LogP contribution in [0.1, 0.15) is 19.3 Å². The maximum absolute atomic E-state index is 12.8. The van der Waals surface area contributed by atoms with E-state index in [0.717, 1.165) is 31.5 Å². The lowest BCUT2D eigenvalue weighted by atomic mass is 9.99. The molecule has 35 heavy (non-hydrogen) atoms. The molecule has 1 amide bonds.